The maximum Gasteiger partial charge on any atom is 0.253 e. The lowest BCUT2D eigenvalue weighted by Gasteiger charge is -2.11. The molecule has 3 rings (SSSR count). The highest BCUT2D eigenvalue weighted by Gasteiger charge is 2.23. The van der Waals surface area contributed by atoms with Crippen LogP contribution in [0, 0.1) is 0 Å². The fraction of sp³-hybridized carbons (Fsp3) is 0.385. The number of rotatable bonds is 3. The van der Waals surface area contributed by atoms with E-state index in [1.165, 1.54) is 0 Å². The highest BCUT2D eigenvalue weighted by molar-refractivity contribution is 5.94. The van der Waals surface area contributed by atoms with Gasteiger partial charge in [0.15, 0.2) is 5.82 Å². The highest BCUT2D eigenvalue weighted by atomic mass is 16.5. The summed E-state index contributed by atoms with van der Waals surface area (Å²) in [7, 11) is 1.77. The zero-order chi connectivity index (χ0) is 13.9. The third-order valence-corrected chi connectivity index (χ3v) is 3.23. The molecule has 2 aromatic rings. The van der Waals surface area contributed by atoms with Gasteiger partial charge in [0.2, 0.25) is 0 Å². The fourth-order valence-corrected chi connectivity index (χ4v) is 2.22. The summed E-state index contributed by atoms with van der Waals surface area (Å²) in [6.45, 7) is 0.655. The average Bonchev–Trinajstić information content (AvgIpc) is 3.10. The molecule has 1 N–H and O–H groups in total. The van der Waals surface area contributed by atoms with E-state index in [1.807, 2.05) is 24.3 Å². The molecule has 104 valence electrons. The Balaban J connectivity index is 1.78. The van der Waals surface area contributed by atoms with Gasteiger partial charge in [0.25, 0.3) is 5.91 Å². The van der Waals surface area contributed by atoms with Crippen molar-refractivity contribution in [3.63, 3.8) is 0 Å². The Kier molecular flexibility index (Phi) is 3.42. The number of benzene rings is 1. The molecule has 0 bridgehead atoms. The number of carbonyl (C=O) groups is 1. The minimum Gasteiger partial charge on any atom is -0.368 e. The molecular formula is C13H15N5O2. The van der Waals surface area contributed by atoms with Crippen LogP contribution >= 0.6 is 0 Å². The lowest BCUT2D eigenvalue weighted by atomic mass is 10.1. The Morgan fingerprint density at radius 2 is 2.40 bits per heavy atom. The second kappa shape index (κ2) is 5.38. The number of carbonyl (C=O) groups excluding carboxylic acids is 1. The van der Waals surface area contributed by atoms with E-state index in [0.717, 1.165) is 18.4 Å². The zero-order valence-electron chi connectivity index (χ0n) is 11.1. The van der Waals surface area contributed by atoms with Gasteiger partial charge in [-0.1, -0.05) is 12.1 Å². The standard InChI is InChI=1S/C13H15N5O2/c1-18-12(15-16-17-18)9-4-2-5-10(8-9)14-13(19)11-6-3-7-20-11/h2,4-5,8,11H,3,6-7H2,1H3,(H,14,19). The zero-order valence-corrected chi connectivity index (χ0v) is 11.1. The number of anilines is 1. The number of nitrogens with zero attached hydrogens (tertiary/aromatic N) is 4. The molecule has 1 aromatic carbocycles. The molecule has 0 saturated carbocycles. The summed E-state index contributed by atoms with van der Waals surface area (Å²) >= 11 is 0. The van der Waals surface area contributed by atoms with E-state index >= 15 is 0 Å². The topological polar surface area (TPSA) is 81.9 Å². The number of amides is 1. The first-order chi connectivity index (χ1) is 9.74. The van der Waals surface area contributed by atoms with Crippen molar-refractivity contribution in [2.75, 3.05) is 11.9 Å². The van der Waals surface area contributed by atoms with Gasteiger partial charge in [-0.15, -0.1) is 5.10 Å². The largest absolute Gasteiger partial charge is 0.368 e. The molecule has 7 nitrogen and oxygen atoms in total. The first-order valence-corrected chi connectivity index (χ1v) is 6.49. The van der Waals surface area contributed by atoms with Gasteiger partial charge in [0, 0.05) is 24.9 Å². The Hall–Kier alpha value is -2.28. The summed E-state index contributed by atoms with van der Waals surface area (Å²) in [4.78, 5) is 12.0. The predicted molar refractivity (Wildman–Crippen MR) is 71.8 cm³/mol. The third-order valence-electron chi connectivity index (χ3n) is 3.23. The van der Waals surface area contributed by atoms with E-state index in [4.69, 9.17) is 4.74 Å². The maximum absolute atomic E-state index is 12.0. The molecule has 1 aliphatic rings. The normalized spacial score (nSPS) is 18.1. The quantitative estimate of drug-likeness (QED) is 0.902. The number of hydrogen-bond acceptors (Lipinski definition) is 5. The monoisotopic (exact) mass is 273 g/mol. The van der Waals surface area contributed by atoms with E-state index in [0.29, 0.717) is 18.1 Å². The van der Waals surface area contributed by atoms with Crippen molar-refractivity contribution in [1.29, 1.82) is 0 Å². The lowest BCUT2D eigenvalue weighted by molar-refractivity contribution is -0.124. The van der Waals surface area contributed by atoms with E-state index in [-0.39, 0.29) is 12.0 Å². The van der Waals surface area contributed by atoms with Crippen LogP contribution in [0.3, 0.4) is 0 Å². The highest BCUT2D eigenvalue weighted by Crippen LogP contribution is 2.21. The van der Waals surface area contributed by atoms with Crippen molar-refractivity contribution in [3.05, 3.63) is 24.3 Å². The van der Waals surface area contributed by atoms with E-state index in [1.54, 1.807) is 11.7 Å². The fourth-order valence-electron chi connectivity index (χ4n) is 2.22. The van der Waals surface area contributed by atoms with Gasteiger partial charge < -0.3 is 10.1 Å². The van der Waals surface area contributed by atoms with E-state index in [2.05, 4.69) is 20.8 Å². The molecule has 1 unspecified atom stereocenters. The molecule has 0 aliphatic carbocycles. The summed E-state index contributed by atoms with van der Waals surface area (Å²) < 4.78 is 6.94. The van der Waals surface area contributed by atoms with Crippen molar-refractivity contribution in [2.45, 2.75) is 18.9 Å². The predicted octanol–water partition coefficient (Wildman–Crippen LogP) is 0.995. The van der Waals surface area contributed by atoms with Crippen molar-refractivity contribution < 1.29 is 9.53 Å². The van der Waals surface area contributed by atoms with Crippen molar-refractivity contribution in [3.8, 4) is 11.4 Å². The molecule has 2 heterocycles. The summed E-state index contributed by atoms with van der Waals surface area (Å²) in [6, 6.07) is 7.43. The Morgan fingerprint density at radius 3 is 3.10 bits per heavy atom. The summed E-state index contributed by atoms with van der Waals surface area (Å²) in [5.74, 6) is 0.550. The lowest BCUT2D eigenvalue weighted by Crippen LogP contribution is -2.26. The van der Waals surface area contributed by atoms with Gasteiger partial charge >= 0.3 is 0 Å². The van der Waals surface area contributed by atoms with Crippen LogP contribution in [-0.2, 0) is 16.6 Å². The van der Waals surface area contributed by atoms with Crippen LogP contribution in [0.5, 0.6) is 0 Å². The molecular weight excluding hydrogens is 258 g/mol. The minimum atomic E-state index is -0.338. The van der Waals surface area contributed by atoms with Crippen LogP contribution < -0.4 is 5.32 Å². The number of tetrazole rings is 1. The van der Waals surface area contributed by atoms with Gasteiger partial charge in [-0.25, -0.2) is 4.68 Å². The number of ether oxygens (including phenoxy) is 1. The number of aryl methyl sites for hydroxylation is 1. The smallest absolute Gasteiger partial charge is 0.253 e. The van der Waals surface area contributed by atoms with Crippen molar-refractivity contribution >= 4 is 11.6 Å². The summed E-state index contributed by atoms with van der Waals surface area (Å²) in [6.07, 6.45) is 1.37. The maximum atomic E-state index is 12.0. The number of aromatic nitrogens is 4. The van der Waals surface area contributed by atoms with Gasteiger partial charge in [-0.05, 0) is 35.4 Å². The Morgan fingerprint density at radius 1 is 1.50 bits per heavy atom. The second-order valence-electron chi connectivity index (χ2n) is 4.70. The third kappa shape index (κ3) is 2.53. The molecule has 1 aliphatic heterocycles. The molecule has 1 fully saturated rings. The van der Waals surface area contributed by atoms with Crippen molar-refractivity contribution in [1.82, 2.24) is 20.2 Å². The molecule has 1 atom stereocenters. The second-order valence-corrected chi connectivity index (χ2v) is 4.70. The molecule has 1 amide bonds. The first kappa shape index (κ1) is 12.7. The van der Waals surface area contributed by atoms with Gasteiger partial charge in [-0.2, -0.15) is 0 Å². The summed E-state index contributed by atoms with van der Waals surface area (Å²) in [5, 5.41) is 14.2. The number of hydrogen-bond donors (Lipinski definition) is 1. The minimum absolute atomic E-state index is 0.101. The Bertz CT molecular complexity index is 619. The molecule has 0 radical (unpaired) electrons. The SMILES string of the molecule is Cn1nnnc1-c1cccc(NC(=O)C2CCCO2)c1. The van der Waals surface area contributed by atoms with Gasteiger partial charge in [-0.3, -0.25) is 4.79 Å². The van der Waals surface area contributed by atoms with Crippen LogP contribution in [0.4, 0.5) is 5.69 Å². The van der Waals surface area contributed by atoms with E-state index < -0.39 is 0 Å². The van der Waals surface area contributed by atoms with Crippen LogP contribution in [-0.4, -0.2) is 38.8 Å². The molecule has 7 heteroatoms. The molecule has 1 saturated heterocycles. The van der Waals surface area contributed by atoms with Crippen LogP contribution in [0.1, 0.15) is 12.8 Å². The average molecular weight is 273 g/mol. The summed E-state index contributed by atoms with van der Waals surface area (Å²) in [5.41, 5.74) is 1.56. The molecule has 1 aromatic heterocycles. The van der Waals surface area contributed by atoms with Crippen LogP contribution in [0.15, 0.2) is 24.3 Å². The Labute approximate surface area is 115 Å². The number of nitrogens with one attached hydrogen (secondary N) is 1. The van der Waals surface area contributed by atoms with Crippen molar-refractivity contribution in [2.24, 2.45) is 7.05 Å². The van der Waals surface area contributed by atoms with Crippen LogP contribution in [0.2, 0.25) is 0 Å². The van der Waals surface area contributed by atoms with Gasteiger partial charge in [0.05, 0.1) is 0 Å². The first-order valence-electron chi connectivity index (χ1n) is 6.49. The molecule has 0 spiro atoms. The van der Waals surface area contributed by atoms with Gasteiger partial charge in [0.1, 0.15) is 6.10 Å². The molecule has 20 heavy (non-hydrogen) atoms. The van der Waals surface area contributed by atoms with Crippen LogP contribution in [0.25, 0.3) is 11.4 Å². The van der Waals surface area contributed by atoms with E-state index in [9.17, 15) is 4.79 Å².